The van der Waals surface area contributed by atoms with Crippen LogP contribution in [-0.4, -0.2) is 79.1 Å². The van der Waals surface area contributed by atoms with Gasteiger partial charge in [0.05, 0.1) is 11.6 Å². The number of nitrogens with zero attached hydrogens (tertiary/aromatic N) is 1. The highest BCUT2D eigenvalue weighted by atomic mass is 125. The molecule has 1 rings (SSSR count). The Kier molecular flexibility index (Phi) is 20.4. The Hall–Kier alpha value is -2.25. The molecule has 10 nitrogen and oxygen atoms in total. The predicted molar refractivity (Wildman–Crippen MR) is 186 cm³/mol. The van der Waals surface area contributed by atoms with Gasteiger partial charge in [-0.2, -0.15) is 0 Å². The standard InChI is InChI=1S/C32H52IN5O5.ClH/c1-9-38(10-2)14-13-34-29(40)23-11-12-25(26(33)18-23)30(41)36-28(17-22(7)8)32(43)37-27(16-21(5)6)31(42)35-24(19-39)15-20(3)4;/h11-12,18-22,24,27-28H,9-10,13-17H2,1-8H3,(H,34,40)(H,35,42)(H,36,41)(H,37,43);1H/t24-,27-,28-;/m0./s1/i33-2;. The van der Waals surface area contributed by atoms with Crippen LogP contribution in [0.25, 0.3) is 0 Å². The summed E-state index contributed by atoms with van der Waals surface area (Å²) in [6.07, 6.45) is 1.96. The fourth-order valence-corrected chi connectivity index (χ4v) is 5.42. The first kappa shape index (κ1) is 41.8. The number of halogens is 2. The minimum absolute atomic E-state index is 0. The number of nitrogens with one attached hydrogen (secondary N) is 4. The number of rotatable bonds is 19. The molecule has 0 saturated heterocycles. The largest absolute Gasteiger partial charge is 0.351 e. The van der Waals surface area contributed by atoms with E-state index in [1.807, 2.05) is 64.1 Å². The predicted octanol–water partition coefficient (Wildman–Crippen LogP) is 4.19. The van der Waals surface area contributed by atoms with Crippen molar-refractivity contribution in [3.8, 4) is 0 Å². The van der Waals surface area contributed by atoms with E-state index in [2.05, 4.69) is 40.0 Å². The summed E-state index contributed by atoms with van der Waals surface area (Å²) in [7, 11) is 0. The van der Waals surface area contributed by atoms with Gasteiger partial charge in [-0.3, -0.25) is 19.2 Å². The maximum absolute atomic E-state index is 13.5. The molecule has 0 spiro atoms. The third-order valence-electron chi connectivity index (χ3n) is 6.97. The molecule has 4 N–H and O–H groups in total. The van der Waals surface area contributed by atoms with E-state index in [0.717, 1.165) is 25.9 Å². The van der Waals surface area contributed by atoms with Gasteiger partial charge in [-0.05, 0) is 90.9 Å². The fourth-order valence-electron chi connectivity index (χ4n) is 4.66. The fraction of sp³-hybridized carbons (Fsp3) is 0.656. The van der Waals surface area contributed by atoms with Gasteiger partial charge in [-0.15, -0.1) is 12.4 Å². The number of likely N-dealkylation sites (N-methyl/N-ethyl adjacent to an activating group) is 1. The number of aldehydes is 1. The molecule has 0 aliphatic rings. The van der Waals surface area contributed by atoms with E-state index in [-0.39, 0.29) is 36.1 Å². The lowest BCUT2D eigenvalue weighted by atomic mass is 9.99. The molecule has 0 unspecified atom stereocenters. The number of hydrogen-bond acceptors (Lipinski definition) is 6. The molecule has 0 aromatic heterocycles. The smallest absolute Gasteiger partial charge is 0.253 e. The van der Waals surface area contributed by atoms with Crippen LogP contribution in [0.4, 0.5) is 0 Å². The Bertz CT molecular complexity index is 1080. The normalized spacial score (nSPS) is 13.2. The maximum atomic E-state index is 13.5. The zero-order valence-corrected chi connectivity index (χ0v) is 30.5. The van der Waals surface area contributed by atoms with Crippen LogP contribution < -0.4 is 21.3 Å². The zero-order chi connectivity index (χ0) is 32.7. The van der Waals surface area contributed by atoms with Gasteiger partial charge in [-0.25, -0.2) is 0 Å². The number of carbonyl (C=O) groups excluding carboxylic acids is 5. The molecule has 0 bridgehead atoms. The number of benzene rings is 1. The second-order valence-corrected chi connectivity index (χ2v) is 13.4. The summed E-state index contributed by atoms with van der Waals surface area (Å²) >= 11 is 2.02. The molecule has 3 atom stereocenters. The topological polar surface area (TPSA) is 137 Å². The van der Waals surface area contributed by atoms with Crippen molar-refractivity contribution in [1.82, 2.24) is 26.2 Å². The van der Waals surface area contributed by atoms with Crippen LogP contribution in [0.1, 0.15) is 95.4 Å². The van der Waals surface area contributed by atoms with Gasteiger partial charge < -0.3 is 31.0 Å². The highest BCUT2D eigenvalue weighted by Gasteiger charge is 2.29. The molecule has 4 amide bonds. The summed E-state index contributed by atoms with van der Waals surface area (Å²) in [5, 5.41) is 11.3. The van der Waals surface area contributed by atoms with Crippen molar-refractivity contribution in [3.05, 3.63) is 32.9 Å². The van der Waals surface area contributed by atoms with Crippen LogP contribution in [0.15, 0.2) is 18.2 Å². The lowest BCUT2D eigenvalue weighted by Gasteiger charge is -2.26. The van der Waals surface area contributed by atoms with Gasteiger partial charge in [-0.1, -0.05) is 55.4 Å². The zero-order valence-electron chi connectivity index (χ0n) is 27.5. The van der Waals surface area contributed by atoms with Gasteiger partial charge in [0.25, 0.3) is 11.8 Å². The van der Waals surface area contributed by atoms with Crippen molar-refractivity contribution in [2.75, 3.05) is 26.2 Å². The van der Waals surface area contributed by atoms with Crippen molar-refractivity contribution in [2.24, 2.45) is 17.8 Å². The molecule has 250 valence electrons. The van der Waals surface area contributed by atoms with Crippen molar-refractivity contribution >= 4 is 64.9 Å². The minimum Gasteiger partial charge on any atom is -0.351 e. The Morgan fingerprint density at radius 1 is 0.795 bits per heavy atom. The van der Waals surface area contributed by atoms with Crippen LogP contribution in [0.2, 0.25) is 0 Å². The first-order chi connectivity index (χ1) is 20.2. The van der Waals surface area contributed by atoms with Crippen molar-refractivity contribution in [3.63, 3.8) is 0 Å². The summed E-state index contributed by atoms with van der Waals surface area (Å²) < 4.78 is 0.581. The van der Waals surface area contributed by atoms with Crippen LogP contribution >= 0.6 is 35.0 Å². The van der Waals surface area contributed by atoms with E-state index >= 15 is 0 Å². The Labute approximate surface area is 283 Å². The van der Waals surface area contributed by atoms with Gasteiger partial charge in [0.1, 0.15) is 18.4 Å². The van der Waals surface area contributed by atoms with Gasteiger partial charge >= 0.3 is 0 Å². The summed E-state index contributed by atoms with van der Waals surface area (Å²) in [6, 6.07) is 2.47. The molecule has 1 aromatic carbocycles. The summed E-state index contributed by atoms with van der Waals surface area (Å²) in [4.78, 5) is 66.3. The van der Waals surface area contributed by atoms with Gasteiger partial charge in [0.2, 0.25) is 11.8 Å². The van der Waals surface area contributed by atoms with Crippen LogP contribution in [0.3, 0.4) is 0 Å². The molecule has 44 heavy (non-hydrogen) atoms. The first-order valence-corrected chi connectivity index (χ1v) is 16.5. The van der Waals surface area contributed by atoms with Crippen LogP contribution in [-0.2, 0) is 14.4 Å². The Morgan fingerprint density at radius 3 is 1.80 bits per heavy atom. The van der Waals surface area contributed by atoms with E-state index in [1.54, 1.807) is 18.2 Å². The molecule has 1 aromatic rings. The van der Waals surface area contributed by atoms with E-state index in [4.69, 9.17) is 0 Å². The SMILES string of the molecule is CCN(CC)CCNC(=O)c1ccc(C(=O)N[C@@H](CC(C)C)C(=O)N[C@@H](CC(C)C)C(=O)N[C@H](C=O)CC(C)C)c([125I])c1.Cl. The highest BCUT2D eigenvalue weighted by molar-refractivity contribution is 14.1. The Balaban J connectivity index is 0.0000185. The summed E-state index contributed by atoms with van der Waals surface area (Å²) in [5.41, 5.74) is 0.798. The molecular weight excluding hydrogens is 695 g/mol. The lowest BCUT2D eigenvalue weighted by molar-refractivity contribution is -0.131. The van der Waals surface area contributed by atoms with Crippen molar-refractivity contribution in [2.45, 2.75) is 92.8 Å². The minimum atomic E-state index is -0.883. The van der Waals surface area contributed by atoms with E-state index in [9.17, 15) is 24.0 Å². The molecule has 0 saturated carbocycles. The quantitative estimate of drug-likeness (QED) is 0.124. The van der Waals surface area contributed by atoms with Crippen LogP contribution in [0.5, 0.6) is 0 Å². The van der Waals surface area contributed by atoms with Gasteiger partial charge in [0.15, 0.2) is 0 Å². The monoisotopic (exact) mass is 747 g/mol. The number of amides is 4. The second-order valence-electron chi connectivity index (χ2n) is 12.2. The van der Waals surface area contributed by atoms with E-state index in [1.165, 1.54) is 0 Å². The van der Waals surface area contributed by atoms with E-state index < -0.39 is 35.8 Å². The summed E-state index contributed by atoms with van der Waals surface area (Å²) in [6.45, 7) is 19.0. The highest BCUT2D eigenvalue weighted by Crippen LogP contribution is 2.17. The number of hydrogen-bond donors (Lipinski definition) is 4. The van der Waals surface area contributed by atoms with E-state index in [0.29, 0.717) is 40.5 Å². The molecular formula is C32H53ClIN5O5. The molecule has 0 radical (unpaired) electrons. The third kappa shape index (κ3) is 15.2. The average Bonchev–Trinajstić information content (AvgIpc) is 2.93. The Morgan fingerprint density at radius 2 is 1.32 bits per heavy atom. The first-order valence-electron chi connectivity index (χ1n) is 15.4. The van der Waals surface area contributed by atoms with Crippen molar-refractivity contribution < 1.29 is 24.0 Å². The lowest BCUT2D eigenvalue weighted by Crippen LogP contribution is -2.55. The maximum Gasteiger partial charge on any atom is 0.253 e. The third-order valence-corrected chi connectivity index (χ3v) is 7.86. The molecule has 0 fully saturated rings. The second kappa shape index (κ2) is 21.5. The van der Waals surface area contributed by atoms with Gasteiger partial charge in [0, 0.05) is 22.2 Å². The van der Waals surface area contributed by atoms with Crippen molar-refractivity contribution in [1.29, 1.82) is 0 Å². The molecule has 0 aliphatic heterocycles. The summed E-state index contributed by atoms with van der Waals surface area (Å²) in [5.74, 6) is -1.15. The molecule has 0 heterocycles. The van der Waals surface area contributed by atoms with Crippen LogP contribution in [0, 0.1) is 21.3 Å². The molecule has 0 aliphatic carbocycles. The number of carbonyl (C=O) groups is 5. The average molecular weight is 748 g/mol. The molecule has 12 heteroatoms.